The first-order valence-corrected chi connectivity index (χ1v) is 6.64. The van der Waals surface area contributed by atoms with Crippen LogP contribution in [0.5, 0.6) is 0 Å². The van der Waals surface area contributed by atoms with Crippen LogP contribution in [0.3, 0.4) is 0 Å². The molecule has 2 aromatic rings. The lowest BCUT2D eigenvalue weighted by Gasteiger charge is -2.17. The number of aliphatic hydroxyl groups excluding tert-OH is 1. The van der Waals surface area contributed by atoms with Gasteiger partial charge in [-0.15, -0.1) is 0 Å². The van der Waals surface area contributed by atoms with Crippen LogP contribution in [0.25, 0.3) is 10.9 Å². The maximum atomic E-state index is 12.1. The van der Waals surface area contributed by atoms with E-state index in [9.17, 15) is 9.90 Å². The van der Waals surface area contributed by atoms with Crippen molar-refractivity contribution in [3.63, 3.8) is 0 Å². The summed E-state index contributed by atoms with van der Waals surface area (Å²) in [6, 6.07) is 8.22. The molecule has 3 rings (SSSR count). The van der Waals surface area contributed by atoms with E-state index in [4.69, 9.17) is 0 Å². The number of rotatable bonds is 4. The largest absolute Gasteiger partial charge is 0.392 e. The number of likely N-dealkylation sites (N-methyl/N-ethyl adjacent to an activating group) is 1. The standard InChI is InChI=1S/C15H18N2O2/c1-16(12-5-6-12)15(19)9-17-8-7-13-11(10-18)3-2-4-14(13)17/h2-4,7-8,12,18H,5-6,9-10H2,1H3. The van der Waals surface area contributed by atoms with Gasteiger partial charge in [0.1, 0.15) is 6.54 Å². The van der Waals surface area contributed by atoms with Crippen LogP contribution in [-0.4, -0.2) is 33.6 Å². The molecule has 1 heterocycles. The van der Waals surface area contributed by atoms with Crippen molar-refractivity contribution in [3.05, 3.63) is 36.0 Å². The lowest BCUT2D eigenvalue weighted by Crippen LogP contribution is -2.31. The Morgan fingerprint density at radius 2 is 2.21 bits per heavy atom. The first-order valence-electron chi connectivity index (χ1n) is 6.64. The number of benzene rings is 1. The van der Waals surface area contributed by atoms with E-state index >= 15 is 0 Å². The van der Waals surface area contributed by atoms with E-state index in [-0.39, 0.29) is 12.5 Å². The first-order chi connectivity index (χ1) is 9.20. The number of aromatic nitrogens is 1. The topological polar surface area (TPSA) is 45.5 Å². The Bertz CT molecular complexity index is 614. The van der Waals surface area contributed by atoms with Crippen LogP contribution in [-0.2, 0) is 17.9 Å². The molecule has 1 fully saturated rings. The van der Waals surface area contributed by atoms with E-state index in [1.807, 2.05) is 47.0 Å². The van der Waals surface area contributed by atoms with Crippen LogP contribution < -0.4 is 0 Å². The van der Waals surface area contributed by atoms with Gasteiger partial charge in [-0.05, 0) is 30.5 Å². The van der Waals surface area contributed by atoms with Crippen LogP contribution >= 0.6 is 0 Å². The SMILES string of the molecule is CN(C(=O)Cn1ccc2c(CO)cccc21)C1CC1. The van der Waals surface area contributed by atoms with Gasteiger partial charge in [0.25, 0.3) is 0 Å². The normalized spacial score (nSPS) is 14.8. The van der Waals surface area contributed by atoms with E-state index in [1.54, 1.807) is 0 Å². The van der Waals surface area contributed by atoms with Gasteiger partial charge in [0.2, 0.25) is 5.91 Å². The molecule has 1 aliphatic carbocycles. The molecule has 100 valence electrons. The maximum Gasteiger partial charge on any atom is 0.242 e. The molecule has 1 aliphatic rings. The maximum absolute atomic E-state index is 12.1. The summed E-state index contributed by atoms with van der Waals surface area (Å²) in [5.74, 6) is 0.148. The summed E-state index contributed by atoms with van der Waals surface area (Å²) in [5, 5.41) is 10.3. The fourth-order valence-electron chi connectivity index (χ4n) is 2.49. The van der Waals surface area contributed by atoms with Crippen molar-refractivity contribution in [2.24, 2.45) is 0 Å². The number of aliphatic hydroxyl groups is 1. The molecule has 1 saturated carbocycles. The van der Waals surface area contributed by atoms with Crippen molar-refractivity contribution >= 4 is 16.8 Å². The molecule has 0 bridgehead atoms. The van der Waals surface area contributed by atoms with Gasteiger partial charge in [0.05, 0.1) is 6.61 Å². The Kier molecular flexibility index (Phi) is 3.03. The molecule has 0 saturated heterocycles. The van der Waals surface area contributed by atoms with Gasteiger partial charge in [0, 0.05) is 30.2 Å². The van der Waals surface area contributed by atoms with Crippen LogP contribution in [0.1, 0.15) is 18.4 Å². The molecule has 0 radical (unpaired) electrons. The Morgan fingerprint density at radius 3 is 2.89 bits per heavy atom. The monoisotopic (exact) mass is 258 g/mol. The predicted octanol–water partition coefficient (Wildman–Crippen LogP) is 1.75. The molecular weight excluding hydrogens is 240 g/mol. The molecule has 4 nitrogen and oxygen atoms in total. The van der Waals surface area contributed by atoms with Crippen molar-refractivity contribution in [2.45, 2.75) is 32.0 Å². The lowest BCUT2D eigenvalue weighted by molar-refractivity contribution is -0.130. The number of hydrogen-bond acceptors (Lipinski definition) is 2. The molecule has 19 heavy (non-hydrogen) atoms. The summed E-state index contributed by atoms with van der Waals surface area (Å²) in [4.78, 5) is 14.0. The number of nitrogens with zero attached hydrogens (tertiary/aromatic N) is 2. The Balaban J connectivity index is 1.87. The fraction of sp³-hybridized carbons (Fsp3) is 0.400. The van der Waals surface area contributed by atoms with E-state index in [0.717, 1.165) is 29.3 Å². The highest BCUT2D eigenvalue weighted by Crippen LogP contribution is 2.26. The summed E-state index contributed by atoms with van der Waals surface area (Å²) in [5.41, 5.74) is 1.91. The zero-order valence-corrected chi connectivity index (χ0v) is 11.0. The highest BCUT2D eigenvalue weighted by atomic mass is 16.3. The molecule has 0 spiro atoms. The summed E-state index contributed by atoms with van der Waals surface area (Å²) in [7, 11) is 1.88. The average molecular weight is 258 g/mol. The second-order valence-electron chi connectivity index (χ2n) is 5.19. The minimum Gasteiger partial charge on any atom is -0.392 e. The number of carbonyl (C=O) groups excluding carboxylic acids is 1. The summed E-state index contributed by atoms with van der Waals surface area (Å²) >= 11 is 0. The average Bonchev–Trinajstić information content (AvgIpc) is 3.20. The van der Waals surface area contributed by atoms with Crippen molar-refractivity contribution < 1.29 is 9.90 Å². The Labute approximate surface area is 112 Å². The smallest absolute Gasteiger partial charge is 0.242 e. The van der Waals surface area contributed by atoms with Crippen LogP contribution in [0.4, 0.5) is 0 Å². The van der Waals surface area contributed by atoms with Crippen LogP contribution in [0.2, 0.25) is 0 Å². The van der Waals surface area contributed by atoms with Gasteiger partial charge >= 0.3 is 0 Å². The minimum atomic E-state index is 0.0251. The summed E-state index contributed by atoms with van der Waals surface area (Å²) in [6.45, 7) is 0.392. The lowest BCUT2D eigenvalue weighted by atomic mass is 10.1. The van der Waals surface area contributed by atoms with Crippen LogP contribution in [0, 0.1) is 0 Å². The Morgan fingerprint density at radius 1 is 1.42 bits per heavy atom. The molecular formula is C15H18N2O2. The van der Waals surface area contributed by atoms with E-state index in [2.05, 4.69) is 0 Å². The molecule has 1 aromatic carbocycles. The molecule has 0 aliphatic heterocycles. The number of carbonyl (C=O) groups is 1. The van der Waals surface area contributed by atoms with Crippen molar-refractivity contribution in [3.8, 4) is 0 Å². The predicted molar refractivity (Wildman–Crippen MR) is 73.7 cm³/mol. The van der Waals surface area contributed by atoms with Gasteiger partial charge in [-0.2, -0.15) is 0 Å². The highest BCUT2D eigenvalue weighted by molar-refractivity contribution is 5.85. The minimum absolute atomic E-state index is 0.0251. The zero-order valence-electron chi connectivity index (χ0n) is 11.0. The number of fused-ring (bicyclic) bond motifs is 1. The third-order valence-corrected chi connectivity index (χ3v) is 3.87. The second-order valence-corrected chi connectivity index (χ2v) is 5.19. The van der Waals surface area contributed by atoms with Crippen molar-refractivity contribution in [1.82, 2.24) is 9.47 Å². The van der Waals surface area contributed by atoms with E-state index in [0.29, 0.717) is 12.6 Å². The van der Waals surface area contributed by atoms with Gasteiger partial charge < -0.3 is 14.6 Å². The third kappa shape index (κ3) is 2.24. The molecule has 0 atom stereocenters. The molecule has 4 heteroatoms. The van der Waals surface area contributed by atoms with E-state index in [1.165, 1.54) is 0 Å². The third-order valence-electron chi connectivity index (χ3n) is 3.87. The summed E-state index contributed by atoms with van der Waals surface area (Å²) < 4.78 is 1.95. The van der Waals surface area contributed by atoms with E-state index < -0.39 is 0 Å². The molecule has 1 aromatic heterocycles. The fourth-order valence-corrected chi connectivity index (χ4v) is 2.49. The first kappa shape index (κ1) is 12.2. The Hall–Kier alpha value is -1.81. The van der Waals surface area contributed by atoms with Crippen LogP contribution in [0.15, 0.2) is 30.5 Å². The van der Waals surface area contributed by atoms with Crippen molar-refractivity contribution in [1.29, 1.82) is 0 Å². The summed E-state index contributed by atoms with van der Waals surface area (Å²) in [6.07, 6.45) is 4.18. The number of hydrogen-bond donors (Lipinski definition) is 1. The molecule has 0 unspecified atom stereocenters. The highest BCUT2D eigenvalue weighted by Gasteiger charge is 2.29. The van der Waals surface area contributed by atoms with Crippen molar-refractivity contribution in [2.75, 3.05) is 7.05 Å². The zero-order chi connectivity index (χ0) is 13.4. The molecule has 1 N–H and O–H groups in total. The number of amides is 1. The van der Waals surface area contributed by atoms with Gasteiger partial charge in [-0.3, -0.25) is 4.79 Å². The van der Waals surface area contributed by atoms with Gasteiger partial charge in [-0.25, -0.2) is 0 Å². The van der Waals surface area contributed by atoms with Gasteiger partial charge in [-0.1, -0.05) is 12.1 Å². The molecule has 1 amide bonds. The van der Waals surface area contributed by atoms with Gasteiger partial charge in [0.15, 0.2) is 0 Å². The quantitative estimate of drug-likeness (QED) is 0.908. The second kappa shape index (κ2) is 4.70.